The standard InChI is InChI=1S/C13H12Br2OS2/c14-9-5-11(17-7-9)6-10(16)8-18-13-4-2-1-3-12(13)15/h1-5,7,10,16H,6,8H2. The van der Waals surface area contributed by atoms with E-state index in [9.17, 15) is 5.11 Å². The first-order chi connectivity index (χ1) is 8.65. The van der Waals surface area contributed by atoms with E-state index in [2.05, 4.69) is 44.0 Å². The van der Waals surface area contributed by atoms with Crippen LogP contribution in [0.5, 0.6) is 0 Å². The van der Waals surface area contributed by atoms with Gasteiger partial charge < -0.3 is 5.11 Å². The predicted molar refractivity (Wildman–Crippen MR) is 86.6 cm³/mol. The van der Waals surface area contributed by atoms with Gasteiger partial charge in [0.1, 0.15) is 0 Å². The molecule has 0 radical (unpaired) electrons. The Morgan fingerprint density at radius 2 is 2.06 bits per heavy atom. The number of thiophene rings is 1. The summed E-state index contributed by atoms with van der Waals surface area (Å²) in [6.07, 6.45) is 0.404. The molecule has 0 amide bonds. The maximum absolute atomic E-state index is 10.0. The van der Waals surface area contributed by atoms with E-state index in [1.807, 2.05) is 23.6 Å². The van der Waals surface area contributed by atoms with Crippen molar-refractivity contribution in [2.75, 3.05) is 5.75 Å². The third-order valence-corrected chi connectivity index (χ3v) is 6.22. The molecule has 0 bridgehead atoms. The van der Waals surface area contributed by atoms with Crippen LogP contribution in [0.1, 0.15) is 4.88 Å². The molecular weight excluding hydrogens is 396 g/mol. The van der Waals surface area contributed by atoms with Crippen molar-refractivity contribution in [1.29, 1.82) is 0 Å². The Balaban J connectivity index is 1.85. The highest BCUT2D eigenvalue weighted by Crippen LogP contribution is 2.28. The summed E-state index contributed by atoms with van der Waals surface area (Å²) in [6, 6.07) is 10.1. The van der Waals surface area contributed by atoms with Crippen LogP contribution in [-0.2, 0) is 6.42 Å². The Labute approximate surface area is 132 Å². The molecule has 96 valence electrons. The lowest BCUT2D eigenvalue weighted by molar-refractivity contribution is 0.201. The van der Waals surface area contributed by atoms with Gasteiger partial charge in [0.25, 0.3) is 0 Å². The van der Waals surface area contributed by atoms with Crippen molar-refractivity contribution in [3.63, 3.8) is 0 Å². The van der Waals surface area contributed by atoms with E-state index in [1.165, 1.54) is 9.77 Å². The van der Waals surface area contributed by atoms with Gasteiger partial charge in [-0.2, -0.15) is 0 Å². The van der Waals surface area contributed by atoms with E-state index in [0.29, 0.717) is 12.2 Å². The second-order valence-electron chi connectivity index (χ2n) is 3.83. The number of halogens is 2. The van der Waals surface area contributed by atoms with Gasteiger partial charge in [-0.25, -0.2) is 0 Å². The summed E-state index contributed by atoms with van der Waals surface area (Å²) in [7, 11) is 0. The fourth-order valence-electron chi connectivity index (χ4n) is 1.50. The fourth-order valence-corrected chi connectivity index (χ4v) is 4.52. The van der Waals surface area contributed by atoms with Crippen LogP contribution in [0.2, 0.25) is 0 Å². The second kappa shape index (κ2) is 7.10. The molecule has 0 aliphatic heterocycles. The number of thioether (sulfide) groups is 1. The summed E-state index contributed by atoms with van der Waals surface area (Å²) in [5.41, 5.74) is 0. The van der Waals surface area contributed by atoms with Crippen molar-refractivity contribution < 1.29 is 5.11 Å². The minimum Gasteiger partial charge on any atom is -0.392 e. The molecule has 0 aliphatic rings. The molecule has 2 rings (SSSR count). The van der Waals surface area contributed by atoms with Crippen LogP contribution in [0, 0.1) is 0 Å². The summed E-state index contributed by atoms with van der Waals surface area (Å²) in [4.78, 5) is 2.38. The molecule has 1 N–H and O–H groups in total. The highest BCUT2D eigenvalue weighted by atomic mass is 79.9. The summed E-state index contributed by atoms with van der Waals surface area (Å²) in [5.74, 6) is 0.706. The lowest BCUT2D eigenvalue weighted by Gasteiger charge is -2.09. The first kappa shape index (κ1) is 14.6. The zero-order chi connectivity index (χ0) is 13.0. The molecule has 18 heavy (non-hydrogen) atoms. The van der Waals surface area contributed by atoms with Gasteiger partial charge >= 0.3 is 0 Å². The lowest BCUT2D eigenvalue weighted by atomic mass is 10.2. The third kappa shape index (κ3) is 4.38. The van der Waals surface area contributed by atoms with Gasteiger partial charge in [0.15, 0.2) is 0 Å². The average Bonchev–Trinajstić information content (AvgIpc) is 2.74. The maximum Gasteiger partial charge on any atom is 0.0682 e. The number of rotatable bonds is 5. The Hall–Kier alpha value is 0.190. The number of hydrogen-bond donors (Lipinski definition) is 1. The van der Waals surface area contributed by atoms with Crippen molar-refractivity contribution in [2.24, 2.45) is 0 Å². The Bertz CT molecular complexity index is 513. The SMILES string of the molecule is OC(CSc1ccccc1Br)Cc1cc(Br)cs1. The molecule has 1 heterocycles. The van der Waals surface area contributed by atoms with E-state index in [1.54, 1.807) is 23.1 Å². The van der Waals surface area contributed by atoms with Crippen LogP contribution in [0.4, 0.5) is 0 Å². The first-order valence-corrected chi connectivity index (χ1v) is 8.88. The quantitative estimate of drug-likeness (QED) is 0.706. The van der Waals surface area contributed by atoms with E-state index in [0.717, 1.165) is 8.95 Å². The molecule has 0 fully saturated rings. The third-order valence-electron chi connectivity index (χ3n) is 2.33. The zero-order valence-corrected chi connectivity index (χ0v) is 14.3. The molecule has 1 nitrogen and oxygen atoms in total. The summed E-state index contributed by atoms with van der Waals surface area (Å²) in [6.45, 7) is 0. The van der Waals surface area contributed by atoms with Crippen LogP contribution in [0.25, 0.3) is 0 Å². The van der Waals surface area contributed by atoms with Gasteiger partial charge in [0.2, 0.25) is 0 Å². The van der Waals surface area contributed by atoms with Gasteiger partial charge in [-0.1, -0.05) is 12.1 Å². The van der Waals surface area contributed by atoms with Crippen molar-refractivity contribution in [3.8, 4) is 0 Å². The van der Waals surface area contributed by atoms with Gasteiger partial charge in [-0.15, -0.1) is 23.1 Å². The number of hydrogen-bond acceptors (Lipinski definition) is 3. The first-order valence-electron chi connectivity index (χ1n) is 5.43. The molecule has 1 aromatic heterocycles. The molecule has 5 heteroatoms. The summed E-state index contributed by atoms with van der Waals surface area (Å²) in [5, 5.41) is 12.1. The van der Waals surface area contributed by atoms with Crippen LogP contribution in [0.3, 0.4) is 0 Å². The molecule has 0 aliphatic carbocycles. The smallest absolute Gasteiger partial charge is 0.0682 e. The monoisotopic (exact) mass is 406 g/mol. The highest BCUT2D eigenvalue weighted by Gasteiger charge is 2.09. The van der Waals surface area contributed by atoms with Crippen LogP contribution in [-0.4, -0.2) is 17.0 Å². The van der Waals surface area contributed by atoms with Gasteiger partial charge in [0, 0.05) is 36.3 Å². The van der Waals surface area contributed by atoms with Crippen molar-refractivity contribution in [1.82, 2.24) is 0 Å². The number of aliphatic hydroxyl groups excluding tert-OH is 1. The Morgan fingerprint density at radius 3 is 2.72 bits per heavy atom. The maximum atomic E-state index is 10.0. The van der Waals surface area contributed by atoms with Crippen LogP contribution >= 0.6 is 55.0 Å². The Morgan fingerprint density at radius 1 is 1.28 bits per heavy atom. The number of aliphatic hydroxyl groups is 1. The van der Waals surface area contributed by atoms with Crippen molar-refractivity contribution in [3.05, 3.63) is 49.5 Å². The molecule has 1 aromatic carbocycles. The Kier molecular flexibility index (Phi) is 5.76. The average molecular weight is 408 g/mol. The van der Waals surface area contributed by atoms with E-state index >= 15 is 0 Å². The molecular formula is C13H12Br2OS2. The molecule has 0 saturated carbocycles. The van der Waals surface area contributed by atoms with E-state index in [4.69, 9.17) is 0 Å². The molecule has 2 aromatic rings. The largest absolute Gasteiger partial charge is 0.392 e. The minimum absolute atomic E-state index is 0.312. The second-order valence-corrected chi connectivity index (χ2v) is 7.66. The van der Waals surface area contributed by atoms with E-state index in [-0.39, 0.29) is 6.10 Å². The van der Waals surface area contributed by atoms with Crippen molar-refractivity contribution in [2.45, 2.75) is 17.4 Å². The number of benzene rings is 1. The predicted octanol–water partition coefficient (Wildman–Crippen LogP) is 4.97. The summed E-state index contributed by atoms with van der Waals surface area (Å²) < 4.78 is 2.18. The van der Waals surface area contributed by atoms with Crippen LogP contribution < -0.4 is 0 Å². The zero-order valence-electron chi connectivity index (χ0n) is 9.48. The normalized spacial score (nSPS) is 12.6. The molecule has 0 spiro atoms. The molecule has 0 saturated heterocycles. The van der Waals surface area contributed by atoms with Gasteiger partial charge in [0.05, 0.1) is 6.10 Å². The van der Waals surface area contributed by atoms with Gasteiger partial charge in [-0.3, -0.25) is 0 Å². The highest BCUT2D eigenvalue weighted by molar-refractivity contribution is 9.10. The van der Waals surface area contributed by atoms with Crippen molar-refractivity contribution >= 4 is 55.0 Å². The lowest BCUT2D eigenvalue weighted by Crippen LogP contribution is -2.12. The van der Waals surface area contributed by atoms with Gasteiger partial charge in [-0.05, 0) is 50.1 Å². The summed E-state index contributed by atoms with van der Waals surface area (Å²) >= 11 is 10.3. The topological polar surface area (TPSA) is 20.2 Å². The van der Waals surface area contributed by atoms with E-state index < -0.39 is 0 Å². The minimum atomic E-state index is -0.312. The molecule has 1 atom stereocenters. The fraction of sp³-hybridized carbons (Fsp3) is 0.231. The molecule has 1 unspecified atom stereocenters. The van der Waals surface area contributed by atoms with Crippen LogP contribution in [0.15, 0.2) is 49.6 Å².